The van der Waals surface area contributed by atoms with Gasteiger partial charge in [0.05, 0.1) is 26.9 Å². The molecule has 10 nitrogen and oxygen atoms in total. The van der Waals surface area contributed by atoms with E-state index in [-0.39, 0.29) is 97.0 Å². The minimum Gasteiger partial charge on any atom is -0.714 e. The molecular formula is C16H10Cl2KN3O7S. The number of benzene rings is 2. The van der Waals surface area contributed by atoms with Crippen molar-refractivity contribution in [3.63, 3.8) is 0 Å². The van der Waals surface area contributed by atoms with Gasteiger partial charge >= 0.3 is 51.4 Å². The Hall–Kier alpha value is -1.09. The molecule has 0 unspecified atom stereocenters. The topological polar surface area (TPSA) is 142 Å². The van der Waals surface area contributed by atoms with E-state index in [0.29, 0.717) is 5.56 Å². The molecule has 2 aromatic rings. The van der Waals surface area contributed by atoms with Crippen LogP contribution in [0.15, 0.2) is 41.6 Å². The summed E-state index contributed by atoms with van der Waals surface area (Å²) in [6.45, 7) is 0.0423. The Kier molecular flexibility index (Phi) is 8.41. The third kappa shape index (κ3) is 5.78. The Balaban J connectivity index is 0.00000320. The molecule has 0 atom stereocenters. The van der Waals surface area contributed by atoms with Crippen LogP contribution in [0.25, 0.3) is 0 Å². The zero-order valence-corrected chi connectivity index (χ0v) is 20.7. The monoisotopic (exact) mass is 497 g/mol. The minimum atomic E-state index is -5.04. The van der Waals surface area contributed by atoms with Crippen molar-refractivity contribution in [1.29, 1.82) is 0 Å². The average molecular weight is 498 g/mol. The number of amides is 1. The quantitative estimate of drug-likeness (QED) is 0.192. The summed E-state index contributed by atoms with van der Waals surface area (Å²) >= 11 is 12.1. The molecule has 14 heteroatoms. The molecule has 0 N–H and O–H groups in total. The van der Waals surface area contributed by atoms with E-state index in [0.717, 1.165) is 12.1 Å². The second-order valence-corrected chi connectivity index (χ2v) is 7.62. The van der Waals surface area contributed by atoms with Crippen molar-refractivity contribution in [3.05, 3.63) is 67.7 Å². The zero-order chi connectivity index (χ0) is 21.3. The number of halogens is 2. The molecule has 1 aliphatic heterocycles. The number of oxime groups is 1. The molecule has 0 spiro atoms. The number of nitro benzene ring substituents is 1. The maximum Gasteiger partial charge on any atom is 1.00 e. The first-order valence-corrected chi connectivity index (χ1v) is 9.93. The Morgan fingerprint density at radius 1 is 1.20 bits per heavy atom. The summed E-state index contributed by atoms with van der Waals surface area (Å²) in [6, 6.07) is 7.90. The van der Waals surface area contributed by atoms with E-state index in [4.69, 9.17) is 23.2 Å². The predicted octanol–water partition coefficient (Wildman–Crippen LogP) is 0.137. The van der Waals surface area contributed by atoms with Gasteiger partial charge in [0, 0.05) is 35.7 Å². The van der Waals surface area contributed by atoms with Crippen LogP contribution in [-0.2, 0) is 14.7 Å². The Morgan fingerprint density at radius 3 is 2.50 bits per heavy atom. The molecule has 1 heterocycles. The van der Waals surface area contributed by atoms with Crippen LogP contribution in [0.1, 0.15) is 22.3 Å². The van der Waals surface area contributed by atoms with Gasteiger partial charge in [-0.2, -0.15) is 8.42 Å². The Morgan fingerprint density at radius 2 is 1.90 bits per heavy atom. The van der Waals surface area contributed by atoms with Crippen molar-refractivity contribution >= 4 is 56.6 Å². The van der Waals surface area contributed by atoms with E-state index >= 15 is 0 Å². The number of hydrogen-bond donors (Lipinski definition) is 0. The van der Waals surface area contributed by atoms with Crippen LogP contribution < -0.4 is 56.3 Å². The molecule has 1 amide bonds. The van der Waals surface area contributed by atoms with Crippen LogP contribution in [0, 0.1) is 10.1 Å². The number of carbonyl (C=O) groups is 1. The van der Waals surface area contributed by atoms with Gasteiger partial charge in [-0.05, 0) is 24.3 Å². The van der Waals surface area contributed by atoms with E-state index in [9.17, 15) is 27.9 Å². The predicted molar refractivity (Wildman–Crippen MR) is 103 cm³/mol. The van der Waals surface area contributed by atoms with Gasteiger partial charge in [0.15, 0.2) is 0 Å². The first-order chi connectivity index (χ1) is 13.6. The maximum atomic E-state index is 13.0. The van der Waals surface area contributed by atoms with Gasteiger partial charge in [-0.3, -0.25) is 19.2 Å². The number of carbonyl (C=O) groups excluding carboxylic acids is 1. The van der Waals surface area contributed by atoms with Crippen LogP contribution >= 0.6 is 23.2 Å². The van der Waals surface area contributed by atoms with E-state index in [2.05, 4.69) is 9.44 Å². The van der Waals surface area contributed by atoms with Gasteiger partial charge in [0.2, 0.25) is 0 Å². The molecule has 0 saturated carbocycles. The molecule has 2 aromatic carbocycles. The number of nitrogens with zero attached hydrogens (tertiary/aromatic N) is 3. The summed E-state index contributed by atoms with van der Waals surface area (Å²) in [5.74, 6) is -0.551. The summed E-state index contributed by atoms with van der Waals surface area (Å²) in [5, 5.41) is 14.4. The molecule has 1 aliphatic rings. The summed E-state index contributed by atoms with van der Waals surface area (Å²) in [4.78, 5) is 24.5. The van der Waals surface area contributed by atoms with Crippen molar-refractivity contribution in [1.82, 2.24) is 0 Å². The second-order valence-electron chi connectivity index (χ2n) is 5.81. The van der Waals surface area contributed by atoms with Crippen LogP contribution in [0.4, 0.5) is 11.4 Å². The number of fused-ring (bicyclic) bond motifs is 1. The molecule has 3 rings (SSSR count). The SMILES string of the molecule is O=C(c1ccc([N+](=O)[O-])cc1Cl)N1CC/C(=N\OS(=O)(=O)[O-])c2ccc(Cl)cc21.[K+]. The van der Waals surface area contributed by atoms with Gasteiger partial charge < -0.3 is 9.45 Å². The fourth-order valence-corrected chi connectivity index (χ4v) is 3.38. The third-order valence-electron chi connectivity index (χ3n) is 4.01. The minimum absolute atomic E-state index is 0. The molecule has 0 saturated heterocycles. The second kappa shape index (κ2) is 10.0. The van der Waals surface area contributed by atoms with Gasteiger partial charge in [-0.1, -0.05) is 28.4 Å². The summed E-state index contributed by atoms with van der Waals surface area (Å²) in [7, 11) is -5.04. The van der Waals surface area contributed by atoms with E-state index in [1.807, 2.05) is 0 Å². The Labute approximate surface area is 223 Å². The number of nitro groups is 1. The fraction of sp³-hybridized carbons (Fsp3) is 0.125. The average Bonchev–Trinajstić information content (AvgIpc) is 2.64. The van der Waals surface area contributed by atoms with Gasteiger partial charge in [0.25, 0.3) is 22.0 Å². The van der Waals surface area contributed by atoms with Crippen LogP contribution in [0.3, 0.4) is 0 Å². The smallest absolute Gasteiger partial charge is 0.714 e. The molecule has 0 aliphatic carbocycles. The first-order valence-electron chi connectivity index (χ1n) is 7.84. The maximum absolute atomic E-state index is 13.0. The normalized spacial score (nSPS) is 14.6. The van der Waals surface area contributed by atoms with Crippen molar-refractivity contribution in [2.24, 2.45) is 5.16 Å². The summed E-state index contributed by atoms with van der Waals surface area (Å²) < 4.78 is 36.0. The largest absolute Gasteiger partial charge is 1.00 e. The van der Waals surface area contributed by atoms with Gasteiger partial charge in [-0.25, -0.2) is 0 Å². The molecule has 0 fully saturated rings. The van der Waals surface area contributed by atoms with E-state index in [1.54, 1.807) is 0 Å². The molecular weight excluding hydrogens is 488 g/mol. The third-order valence-corrected chi connectivity index (χ3v) is 4.82. The van der Waals surface area contributed by atoms with E-state index in [1.165, 1.54) is 29.2 Å². The molecule has 152 valence electrons. The van der Waals surface area contributed by atoms with Gasteiger partial charge in [0.1, 0.15) is 0 Å². The summed E-state index contributed by atoms with van der Waals surface area (Å²) in [5.41, 5.74) is 0.514. The number of non-ortho nitro benzene ring substituents is 1. The van der Waals surface area contributed by atoms with Gasteiger partial charge in [-0.15, -0.1) is 0 Å². The van der Waals surface area contributed by atoms with Crippen molar-refractivity contribution in [3.8, 4) is 0 Å². The standard InChI is InChI=1S/C16H11Cl2N3O7S.K/c17-9-1-3-12-14(19-28-29(25,26)27)5-6-20(15(12)7-9)16(22)11-4-2-10(21(23)24)8-13(11)18;/h1-4,7-8H,5-6H2,(H,25,26,27);/q;+1/p-1/b19-14+;. The Bertz CT molecular complexity index is 1160. The number of anilines is 1. The molecule has 30 heavy (non-hydrogen) atoms. The molecule has 0 bridgehead atoms. The fourth-order valence-electron chi connectivity index (χ4n) is 2.78. The molecule has 0 aromatic heterocycles. The zero-order valence-electron chi connectivity index (χ0n) is 15.2. The van der Waals surface area contributed by atoms with Crippen LogP contribution in [0.5, 0.6) is 0 Å². The van der Waals surface area contributed by atoms with Crippen LogP contribution in [-0.4, -0.2) is 36.1 Å². The number of hydrogen-bond acceptors (Lipinski definition) is 8. The summed E-state index contributed by atoms with van der Waals surface area (Å²) in [6.07, 6.45) is 0.0699. The molecule has 0 radical (unpaired) electrons. The van der Waals surface area contributed by atoms with Crippen LogP contribution in [0.2, 0.25) is 10.0 Å². The first kappa shape index (κ1) is 25.2. The van der Waals surface area contributed by atoms with Crippen molar-refractivity contribution in [2.75, 3.05) is 11.4 Å². The number of rotatable bonds is 4. The van der Waals surface area contributed by atoms with E-state index < -0.39 is 21.2 Å². The van der Waals surface area contributed by atoms with Crippen molar-refractivity contribution in [2.45, 2.75) is 6.42 Å². The van der Waals surface area contributed by atoms with Crippen molar-refractivity contribution < 1.29 is 78.4 Å².